The first-order valence-corrected chi connectivity index (χ1v) is 18.2. The second kappa shape index (κ2) is 13.5. The summed E-state index contributed by atoms with van der Waals surface area (Å²) in [4.78, 5) is 17.9. The van der Waals surface area contributed by atoms with Crippen LogP contribution in [0.3, 0.4) is 0 Å². The number of hydrogen-bond donors (Lipinski definition) is 1. The number of benzene rings is 5. The van der Waals surface area contributed by atoms with Crippen LogP contribution in [0.5, 0.6) is 0 Å². The van der Waals surface area contributed by atoms with Crippen LogP contribution in [0.25, 0.3) is 28.0 Å². The number of rotatable bonds is 9. The molecule has 1 saturated carbocycles. The first-order chi connectivity index (χ1) is 27.2. The summed E-state index contributed by atoms with van der Waals surface area (Å²) in [5, 5.41) is 7.87. The summed E-state index contributed by atoms with van der Waals surface area (Å²) < 4.78 is 58.9. The van der Waals surface area contributed by atoms with Gasteiger partial charge in [0.1, 0.15) is 17.0 Å². The van der Waals surface area contributed by atoms with Crippen molar-refractivity contribution < 1.29 is 22.4 Å². The van der Waals surface area contributed by atoms with Gasteiger partial charge in [0.2, 0.25) is 0 Å². The van der Waals surface area contributed by atoms with Crippen LogP contribution in [0.15, 0.2) is 170 Å². The Hall–Kier alpha value is -6.81. The predicted molar refractivity (Wildman–Crippen MR) is 206 cm³/mol. The minimum Gasteiger partial charge on any atom is -0.342 e. The van der Waals surface area contributed by atoms with E-state index >= 15 is 4.39 Å². The Kier molecular flexibility index (Phi) is 8.41. The third-order valence-corrected chi connectivity index (χ3v) is 10.7. The minimum atomic E-state index is -4.46. The molecule has 1 aliphatic carbocycles. The van der Waals surface area contributed by atoms with E-state index in [9.17, 15) is 18.0 Å². The third-order valence-electron chi connectivity index (χ3n) is 10.7. The van der Waals surface area contributed by atoms with Crippen molar-refractivity contribution >= 4 is 11.6 Å². The smallest absolute Gasteiger partial charge is 0.342 e. The van der Waals surface area contributed by atoms with E-state index in [1.54, 1.807) is 12.3 Å². The molecule has 8 aromatic rings. The van der Waals surface area contributed by atoms with Gasteiger partial charge < -0.3 is 5.32 Å². The van der Waals surface area contributed by atoms with E-state index in [4.69, 9.17) is 5.10 Å². The molecule has 0 spiro atoms. The fourth-order valence-electron chi connectivity index (χ4n) is 7.69. The van der Waals surface area contributed by atoms with E-state index < -0.39 is 34.5 Å². The molecule has 1 N–H and O–H groups in total. The third kappa shape index (κ3) is 6.03. The Morgan fingerprint density at radius 2 is 1.23 bits per heavy atom. The molecule has 0 aliphatic heterocycles. The topological polar surface area (TPSA) is 64.2 Å². The zero-order chi connectivity index (χ0) is 38.5. The molecule has 56 heavy (non-hydrogen) atoms. The SMILES string of the molecule is O=C(NC1(c2ccc(C(F)(F)F)cc2)CC1)c1ccc(-c2cnc3ccc(-c4cnn(C(c5ccccc5)(c5ccccc5)c5ccccc5)c4)cn23)cc1F. The second-order valence-electron chi connectivity index (χ2n) is 14.1. The number of pyridine rings is 1. The monoisotopic (exact) mass is 747 g/mol. The number of carbonyl (C=O) groups is 1. The fourth-order valence-corrected chi connectivity index (χ4v) is 7.69. The zero-order valence-electron chi connectivity index (χ0n) is 29.8. The number of amides is 1. The van der Waals surface area contributed by atoms with Gasteiger partial charge >= 0.3 is 6.18 Å². The highest BCUT2D eigenvalue weighted by atomic mass is 19.4. The van der Waals surface area contributed by atoms with Crippen molar-refractivity contribution in [1.82, 2.24) is 24.5 Å². The summed E-state index contributed by atoms with van der Waals surface area (Å²) in [5.41, 5.74) is 4.65. The van der Waals surface area contributed by atoms with Crippen LogP contribution in [0.2, 0.25) is 0 Å². The Morgan fingerprint density at radius 1 is 0.643 bits per heavy atom. The van der Waals surface area contributed by atoms with E-state index in [-0.39, 0.29) is 5.56 Å². The molecular weight excluding hydrogens is 715 g/mol. The van der Waals surface area contributed by atoms with Crippen LogP contribution in [0.4, 0.5) is 17.6 Å². The van der Waals surface area contributed by atoms with Crippen molar-refractivity contribution in [3.05, 3.63) is 210 Å². The van der Waals surface area contributed by atoms with E-state index in [1.165, 1.54) is 24.3 Å². The first-order valence-electron chi connectivity index (χ1n) is 18.2. The Morgan fingerprint density at radius 3 is 1.79 bits per heavy atom. The van der Waals surface area contributed by atoms with Crippen LogP contribution in [0, 0.1) is 5.82 Å². The van der Waals surface area contributed by atoms with E-state index in [1.807, 2.05) is 94.4 Å². The average Bonchev–Trinajstić information content (AvgIpc) is 3.61. The molecule has 0 radical (unpaired) electrons. The largest absolute Gasteiger partial charge is 0.416 e. The van der Waals surface area contributed by atoms with Crippen LogP contribution in [0.1, 0.15) is 51.0 Å². The Labute approximate surface area is 319 Å². The molecular formula is C46H33F4N5O. The van der Waals surface area contributed by atoms with Crippen molar-refractivity contribution in [3.63, 3.8) is 0 Å². The molecule has 6 nitrogen and oxygen atoms in total. The van der Waals surface area contributed by atoms with E-state index in [0.717, 1.165) is 39.9 Å². The lowest BCUT2D eigenvalue weighted by Gasteiger charge is -2.36. The lowest BCUT2D eigenvalue weighted by molar-refractivity contribution is -0.137. The molecule has 10 heteroatoms. The maximum atomic E-state index is 15.7. The predicted octanol–water partition coefficient (Wildman–Crippen LogP) is 10.3. The Bertz CT molecular complexity index is 2590. The van der Waals surface area contributed by atoms with Crippen LogP contribution in [-0.4, -0.2) is 25.1 Å². The van der Waals surface area contributed by atoms with Gasteiger partial charge in [0.25, 0.3) is 5.91 Å². The van der Waals surface area contributed by atoms with Gasteiger partial charge in [-0.3, -0.25) is 13.9 Å². The van der Waals surface area contributed by atoms with Crippen molar-refractivity contribution in [1.29, 1.82) is 0 Å². The number of hydrogen-bond acceptors (Lipinski definition) is 3. The van der Waals surface area contributed by atoms with Gasteiger partial charge in [0.15, 0.2) is 0 Å². The van der Waals surface area contributed by atoms with Gasteiger partial charge in [-0.2, -0.15) is 18.3 Å². The fraction of sp³-hybridized carbons (Fsp3) is 0.109. The van der Waals surface area contributed by atoms with Crippen LogP contribution >= 0.6 is 0 Å². The first kappa shape index (κ1) is 34.9. The number of carbonyl (C=O) groups excluding carboxylic acids is 1. The molecule has 9 rings (SSSR count). The summed E-state index contributed by atoms with van der Waals surface area (Å²) in [5.74, 6) is -1.36. The van der Waals surface area contributed by atoms with E-state index in [2.05, 4.69) is 46.7 Å². The van der Waals surface area contributed by atoms with Crippen LogP contribution < -0.4 is 5.32 Å². The number of nitrogens with zero attached hydrogens (tertiary/aromatic N) is 4. The summed E-state index contributed by atoms with van der Waals surface area (Å²) in [7, 11) is 0. The van der Waals surface area contributed by atoms with Crippen molar-refractivity contribution in [2.24, 2.45) is 0 Å². The molecule has 276 valence electrons. The lowest BCUT2D eigenvalue weighted by Crippen LogP contribution is -2.38. The van der Waals surface area contributed by atoms with Gasteiger partial charge in [-0.15, -0.1) is 0 Å². The molecule has 0 saturated heterocycles. The normalized spacial score (nSPS) is 13.8. The summed E-state index contributed by atoms with van der Waals surface area (Å²) in [6.45, 7) is 0. The maximum Gasteiger partial charge on any atom is 0.416 e. The van der Waals surface area contributed by atoms with Gasteiger partial charge in [0.05, 0.1) is 34.8 Å². The molecule has 1 fully saturated rings. The second-order valence-corrected chi connectivity index (χ2v) is 14.1. The highest BCUT2D eigenvalue weighted by Gasteiger charge is 2.46. The minimum absolute atomic E-state index is 0.160. The van der Waals surface area contributed by atoms with Gasteiger partial charge in [-0.05, 0) is 71.5 Å². The van der Waals surface area contributed by atoms with Crippen molar-refractivity contribution in [2.75, 3.05) is 0 Å². The highest BCUT2D eigenvalue weighted by molar-refractivity contribution is 5.96. The van der Waals surface area contributed by atoms with Crippen molar-refractivity contribution in [2.45, 2.75) is 30.1 Å². The molecule has 0 unspecified atom stereocenters. The molecule has 5 aromatic carbocycles. The zero-order valence-corrected chi connectivity index (χ0v) is 29.8. The quantitative estimate of drug-likeness (QED) is 0.118. The highest BCUT2D eigenvalue weighted by Crippen LogP contribution is 2.46. The lowest BCUT2D eigenvalue weighted by atomic mass is 9.77. The molecule has 3 aromatic heterocycles. The summed E-state index contributed by atoms with van der Waals surface area (Å²) in [6, 6.07) is 43.9. The number of imidazole rings is 1. The van der Waals surface area contributed by atoms with Crippen LogP contribution in [-0.2, 0) is 17.3 Å². The molecule has 1 amide bonds. The average molecular weight is 748 g/mol. The summed E-state index contributed by atoms with van der Waals surface area (Å²) in [6.07, 6.45) is 4.09. The standard InChI is InChI=1S/C46H33F4N5O/c47-40-26-31(16-22-39(40)43(56)53-44(24-25-44)34-18-20-38(21-19-34)46(48,49)50)41-28-51-42-23-17-32(29-54(41)42)33-27-52-55(30-33)45(35-10-4-1-5-11-35,36-12-6-2-7-13-36)37-14-8-3-9-15-37/h1-23,26-30H,24-25H2,(H,53,56). The number of fused-ring (bicyclic) bond motifs is 1. The number of nitrogens with one attached hydrogen (secondary N) is 1. The number of alkyl halides is 3. The van der Waals surface area contributed by atoms with Gasteiger partial charge in [0, 0.05) is 29.1 Å². The van der Waals surface area contributed by atoms with Gasteiger partial charge in [-0.1, -0.05) is 109 Å². The Balaban J connectivity index is 1.04. The molecule has 0 atom stereocenters. The number of aromatic nitrogens is 4. The molecule has 3 heterocycles. The van der Waals surface area contributed by atoms with Crippen molar-refractivity contribution in [3.8, 4) is 22.4 Å². The van der Waals surface area contributed by atoms with E-state index in [0.29, 0.717) is 35.3 Å². The van der Waals surface area contributed by atoms with Gasteiger partial charge in [-0.25, -0.2) is 9.37 Å². The molecule has 1 aliphatic rings. The summed E-state index contributed by atoms with van der Waals surface area (Å²) >= 11 is 0. The maximum absolute atomic E-state index is 15.7. The number of halogens is 4. The molecule has 0 bridgehead atoms.